The van der Waals surface area contributed by atoms with E-state index in [9.17, 15) is 9.59 Å². The Morgan fingerprint density at radius 1 is 0.553 bits per heavy atom. The van der Waals surface area contributed by atoms with Crippen molar-refractivity contribution < 1.29 is 0 Å². The molecule has 0 N–H and O–H groups in total. The van der Waals surface area contributed by atoms with Gasteiger partial charge in [-0.15, -0.1) is 22.7 Å². The standard InChI is InChI=1S/C32H36Br2O2S2/c1-3-5-7-9-11-13-15-19-25-27(35)21-17-24-22(18-23(21)29(25)37-31(19)33)28(36)26-20(32(34)38-30(24)26)16-14-12-10-8-6-4-2/h17-18H,3-16H2,1-2H3. The summed E-state index contributed by atoms with van der Waals surface area (Å²) < 4.78 is 4.23. The number of thiophene rings is 2. The Kier molecular flexibility index (Phi) is 9.45. The number of aryl methyl sites for hydroxylation is 2. The summed E-state index contributed by atoms with van der Waals surface area (Å²) in [4.78, 5) is 27.4. The molecule has 0 aliphatic heterocycles. The van der Waals surface area contributed by atoms with Crippen molar-refractivity contribution in [2.45, 2.75) is 104 Å². The summed E-state index contributed by atoms with van der Waals surface area (Å²) in [6.45, 7) is 4.48. The largest absolute Gasteiger partial charge is 0.289 e. The van der Waals surface area contributed by atoms with Gasteiger partial charge in [0.1, 0.15) is 0 Å². The third-order valence-corrected chi connectivity index (χ3v) is 12.1. The van der Waals surface area contributed by atoms with Crippen LogP contribution >= 0.6 is 54.5 Å². The lowest BCUT2D eigenvalue weighted by atomic mass is 10.1. The van der Waals surface area contributed by atoms with Crippen LogP contribution in [0.2, 0.25) is 0 Å². The fourth-order valence-corrected chi connectivity index (χ4v) is 9.94. The van der Waals surface area contributed by atoms with E-state index in [-0.39, 0.29) is 10.9 Å². The molecule has 0 unspecified atom stereocenters. The van der Waals surface area contributed by atoms with E-state index in [0.717, 1.165) is 86.1 Å². The van der Waals surface area contributed by atoms with E-state index in [1.54, 1.807) is 22.7 Å². The van der Waals surface area contributed by atoms with Crippen LogP contribution in [0.3, 0.4) is 0 Å². The zero-order chi connectivity index (χ0) is 26.8. The molecule has 0 fully saturated rings. The molecule has 0 saturated heterocycles. The minimum absolute atomic E-state index is 0.129. The summed E-state index contributed by atoms with van der Waals surface area (Å²) >= 11 is 10.8. The molecule has 2 aromatic heterocycles. The van der Waals surface area contributed by atoms with Crippen LogP contribution in [0, 0.1) is 0 Å². The van der Waals surface area contributed by atoms with E-state index >= 15 is 0 Å². The summed E-state index contributed by atoms with van der Waals surface area (Å²) in [6, 6.07) is 4.03. The minimum Gasteiger partial charge on any atom is -0.289 e. The Hall–Kier alpha value is -1.08. The lowest BCUT2D eigenvalue weighted by Crippen LogP contribution is -1.99. The van der Waals surface area contributed by atoms with Gasteiger partial charge >= 0.3 is 0 Å². The zero-order valence-corrected chi connectivity index (χ0v) is 27.2. The van der Waals surface area contributed by atoms with Crippen LogP contribution in [-0.4, -0.2) is 0 Å². The second-order valence-electron chi connectivity index (χ2n) is 10.8. The highest BCUT2D eigenvalue weighted by Crippen LogP contribution is 2.44. The number of unbranched alkanes of at least 4 members (excludes halogenated alkanes) is 10. The van der Waals surface area contributed by atoms with Crippen LogP contribution in [0.25, 0.3) is 41.7 Å². The number of halogens is 2. The van der Waals surface area contributed by atoms with Gasteiger partial charge in [0, 0.05) is 41.7 Å². The molecular formula is C32H36Br2O2S2. The third-order valence-electron chi connectivity index (χ3n) is 8.07. The molecule has 0 spiro atoms. The maximum atomic E-state index is 13.7. The highest BCUT2D eigenvalue weighted by atomic mass is 79.9. The monoisotopic (exact) mass is 674 g/mol. The first-order valence-electron chi connectivity index (χ1n) is 14.4. The number of fused-ring (bicyclic) bond motifs is 6. The lowest BCUT2D eigenvalue weighted by Gasteiger charge is -2.01. The zero-order valence-electron chi connectivity index (χ0n) is 22.4. The summed E-state index contributed by atoms with van der Waals surface area (Å²) in [7, 11) is 0. The fourth-order valence-electron chi connectivity index (χ4n) is 5.97. The predicted octanol–water partition coefficient (Wildman–Crippen LogP) is 11.3. The molecule has 202 valence electrons. The molecular weight excluding hydrogens is 640 g/mol. The van der Waals surface area contributed by atoms with Gasteiger partial charge in [-0.1, -0.05) is 78.1 Å². The average molecular weight is 677 g/mol. The van der Waals surface area contributed by atoms with Crippen molar-refractivity contribution in [3.8, 4) is 0 Å². The van der Waals surface area contributed by atoms with Gasteiger partial charge in [-0.3, -0.25) is 9.59 Å². The van der Waals surface area contributed by atoms with E-state index in [2.05, 4.69) is 45.7 Å². The van der Waals surface area contributed by atoms with Crippen molar-refractivity contribution in [2.24, 2.45) is 0 Å². The molecule has 0 saturated carbocycles. The highest BCUT2D eigenvalue weighted by molar-refractivity contribution is 9.11. The van der Waals surface area contributed by atoms with Crippen LogP contribution in [0.15, 0.2) is 29.3 Å². The first-order chi connectivity index (χ1) is 18.5. The van der Waals surface area contributed by atoms with E-state index in [4.69, 9.17) is 0 Å². The predicted molar refractivity (Wildman–Crippen MR) is 177 cm³/mol. The Bertz CT molecular complexity index is 1540. The molecule has 0 aliphatic carbocycles. The van der Waals surface area contributed by atoms with Crippen molar-refractivity contribution in [3.05, 3.63) is 51.3 Å². The summed E-state index contributed by atoms with van der Waals surface area (Å²) in [5.74, 6) is 0. The smallest absolute Gasteiger partial charge is 0.195 e. The van der Waals surface area contributed by atoms with Crippen LogP contribution < -0.4 is 10.9 Å². The first-order valence-corrected chi connectivity index (χ1v) is 17.6. The fraction of sp³-hybridized carbons (Fsp3) is 0.500. The van der Waals surface area contributed by atoms with Crippen molar-refractivity contribution in [1.29, 1.82) is 0 Å². The Morgan fingerprint density at radius 2 is 0.921 bits per heavy atom. The van der Waals surface area contributed by atoms with Gasteiger partial charge in [0.15, 0.2) is 10.9 Å². The first kappa shape index (κ1) is 28.4. The molecule has 0 bridgehead atoms. The van der Waals surface area contributed by atoms with Crippen molar-refractivity contribution in [1.82, 2.24) is 0 Å². The van der Waals surface area contributed by atoms with Gasteiger partial charge in [0.2, 0.25) is 0 Å². The van der Waals surface area contributed by atoms with Crippen LogP contribution in [-0.2, 0) is 12.8 Å². The molecule has 2 nitrogen and oxygen atoms in total. The molecule has 0 radical (unpaired) electrons. The molecule has 5 rings (SSSR count). The maximum absolute atomic E-state index is 13.7. The van der Waals surface area contributed by atoms with Crippen LogP contribution in [0.4, 0.5) is 0 Å². The minimum atomic E-state index is 0.129. The van der Waals surface area contributed by atoms with E-state index in [1.807, 2.05) is 12.1 Å². The van der Waals surface area contributed by atoms with Crippen molar-refractivity contribution in [2.75, 3.05) is 0 Å². The van der Waals surface area contributed by atoms with Gasteiger partial charge in [-0.05, 0) is 80.8 Å². The van der Waals surface area contributed by atoms with Gasteiger partial charge in [-0.25, -0.2) is 0 Å². The van der Waals surface area contributed by atoms with Gasteiger partial charge < -0.3 is 0 Å². The Morgan fingerprint density at radius 3 is 1.32 bits per heavy atom. The summed E-state index contributed by atoms with van der Waals surface area (Å²) in [5.41, 5.74) is 2.58. The number of benzene rings is 1. The molecule has 0 atom stereocenters. The second kappa shape index (κ2) is 12.6. The molecule has 3 aromatic carbocycles. The van der Waals surface area contributed by atoms with Crippen LogP contribution in [0.1, 0.15) is 102 Å². The summed E-state index contributed by atoms with van der Waals surface area (Å²) in [5, 5.41) is 5.18. The van der Waals surface area contributed by atoms with Gasteiger partial charge in [0.05, 0.1) is 7.57 Å². The quantitative estimate of drug-likeness (QED) is 0.110. The van der Waals surface area contributed by atoms with E-state index < -0.39 is 0 Å². The van der Waals surface area contributed by atoms with Gasteiger partial charge in [0.25, 0.3) is 0 Å². The average Bonchev–Trinajstić information content (AvgIpc) is 3.57. The molecule has 0 aliphatic rings. The van der Waals surface area contributed by atoms with Crippen LogP contribution in [0.5, 0.6) is 0 Å². The Labute approximate surface area is 249 Å². The molecule has 38 heavy (non-hydrogen) atoms. The highest BCUT2D eigenvalue weighted by Gasteiger charge is 2.24. The van der Waals surface area contributed by atoms with E-state index in [1.165, 1.54) is 64.2 Å². The third kappa shape index (κ3) is 5.32. The van der Waals surface area contributed by atoms with E-state index in [0.29, 0.717) is 0 Å². The molecule has 6 heteroatoms. The maximum Gasteiger partial charge on any atom is 0.195 e. The van der Waals surface area contributed by atoms with Crippen molar-refractivity contribution in [3.63, 3.8) is 0 Å². The van der Waals surface area contributed by atoms with Gasteiger partial charge in [-0.2, -0.15) is 0 Å². The molecule has 2 heterocycles. The number of rotatable bonds is 14. The summed E-state index contributed by atoms with van der Waals surface area (Å²) in [6.07, 6.45) is 16.7. The second-order valence-corrected chi connectivity index (χ2v) is 15.4. The Balaban J connectivity index is 1.48. The number of hydrogen-bond acceptors (Lipinski definition) is 4. The molecule has 0 amide bonds. The van der Waals surface area contributed by atoms with Crippen molar-refractivity contribution >= 4 is 96.3 Å². The SMILES string of the molecule is CCCCCCCCc1c(Br)sc2c1c(=O)c1cc3c(cc12)c(=O)c1c(CCCCCCCC)c(Br)sc13. The topological polar surface area (TPSA) is 34.1 Å². The lowest BCUT2D eigenvalue weighted by molar-refractivity contribution is 0.608. The number of hydrogen-bond donors (Lipinski definition) is 0. The molecule has 5 aromatic rings. The normalized spacial score (nSPS) is 12.3.